The average Bonchev–Trinajstić information content (AvgIpc) is 3.47. The standard InChI is InChI=1S/C76H132O6/c1-4-7-10-13-16-19-22-25-27-29-31-32-33-34-35-36-37-38-39-40-41-42-43-44-45-47-48-51-54-57-60-63-66-69-75(78)81-72-73(71-80-74(77)68-65-62-59-56-53-50-24-21-18-15-12-9-6-3)82-76(79)70-67-64-61-58-55-52-49-46-30-28-26-23-20-17-14-11-8-5-2/h7,9-10,12,16,18-19,21,25,27,31-32,34-35,50,53,73H,4-6,8,11,13-15,17,20,22-24,26,28-30,33,36-49,51-52,54-72H2,1-3H3/b10-7-,12-9-,19-16-,21-18-,27-25-,32-31-,35-34-,53-50-. The van der Waals surface area contributed by atoms with Crippen molar-refractivity contribution in [1.82, 2.24) is 0 Å². The molecule has 1 unspecified atom stereocenters. The van der Waals surface area contributed by atoms with E-state index < -0.39 is 6.10 Å². The van der Waals surface area contributed by atoms with Gasteiger partial charge >= 0.3 is 17.9 Å². The predicted octanol–water partition coefficient (Wildman–Crippen LogP) is 24.4. The summed E-state index contributed by atoms with van der Waals surface area (Å²) in [5, 5.41) is 0. The molecule has 82 heavy (non-hydrogen) atoms. The molecule has 6 nitrogen and oxygen atoms in total. The lowest BCUT2D eigenvalue weighted by atomic mass is 10.0. The van der Waals surface area contributed by atoms with Crippen LogP contribution in [-0.2, 0) is 28.6 Å². The Balaban J connectivity index is 4.18. The fraction of sp³-hybridized carbons (Fsp3) is 0.750. The molecule has 0 spiro atoms. The predicted molar refractivity (Wildman–Crippen MR) is 357 cm³/mol. The highest BCUT2D eigenvalue weighted by atomic mass is 16.6. The molecule has 0 aromatic carbocycles. The maximum atomic E-state index is 12.9. The van der Waals surface area contributed by atoms with Crippen LogP contribution < -0.4 is 0 Å². The monoisotopic (exact) mass is 1140 g/mol. The molecule has 0 N–H and O–H groups in total. The first-order valence-electron chi connectivity index (χ1n) is 35.2. The van der Waals surface area contributed by atoms with Crippen molar-refractivity contribution in [3.63, 3.8) is 0 Å². The molecule has 0 radical (unpaired) electrons. The van der Waals surface area contributed by atoms with Crippen LogP contribution >= 0.6 is 0 Å². The van der Waals surface area contributed by atoms with E-state index in [1.807, 2.05) is 0 Å². The second-order valence-corrected chi connectivity index (χ2v) is 23.4. The summed E-state index contributed by atoms with van der Waals surface area (Å²) in [7, 11) is 0. The molecular weight excluding hydrogens is 1010 g/mol. The summed E-state index contributed by atoms with van der Waals surface area (Å²) in [6.45, 7) is 6.43. The molecule has 0 amide bonds. The summed E-state index contributed by atoms with van der Waals surface area (Å²) in [6, 6.07) is 0. The number of unbranched alkanes of at least 4 members (excludes halogenated alkanes) is 37. The van der Waals surface area contributed by atoms with Gasteiger partial charge in [0, 0.05) is 19.3 Å². The van der Waals surface area contributed by atoms with Crippen LogP contribution in [0.25, 0.3) is 0 Å². The van der Waals surface area contributed by atoms with Gasteiger partial charge in [-0.25, -0.2) is 0 Å². The van der Waals surface area contributed by atoms with E-state index in [-0.39, 0.29) is 31.1 Å². The van der Waals surface area contributed by atoms with E-state index in [1.165, 1.54) is 193 Å². The van der Waals surface area contributed by atoms with Gasteiger partial charge in [0.15, 0.2) is 6.10 Å². The van der Waals surface area contributed by atoms with E-state index in [0.717, 1.165) is 116 Å². The molecule has 0 bridgehead atoms. The minimum absolute atomic E-state index is 0.0819. The Labute approximate surface area is 508 Å². The van der Waals surface area contributed by atoms with Crippen molar-refractivity contribution in [3.05, 3.63) is 97.2 Å². The van der Waals surface area contributed by atoms with E-state index in [2.05, 4.69) is 118 Å². The summed E-state index contributed by atoms with van der Waals surface area (Å²) in [5.74, 6) is -0.894. The van der Waals surface area contributed by atoms with E-state index in [9.17, 15) is 14.4 Å². The summed E-state index contributed by atoms with van der Waals surface area (Å²) in [6.07, 6.45) is 94.5. The van der Waals surface area contributed by atoms with Gasteiger partial charge in [0.25, 0.3) is 0 Å². The third-order valence-electron chi connectivity index (χ3n) is 15.3. The third-order valence-corrected chi connectivity index (χ3v) is 15.3. The molecule has 0 aromatic heterocycles. The number of ether oxygens (including phenoxy) is 3. The van der Waals surface area contributed by atoms with E-state index >= 15 is 0 Å². The summed E-state index contributed by atoms with van der Waals surface area (Å²) >= 11 is 0. The summed E-state index contributed by atoms with van der Waals surface area (Å²) in [4.78, 5) is 38.4. The summed E-state index contributed by atoms with van der Waals surface area (Å²) in [5.41, 5.74) is 0. The Bertz CT molecular complexity index is 1590. The lowest BCUT2D eigenvalue weighted by Gasteiger charge is -2.18. The fourth-order valence-electron chi connectivity index (χ4n) is 10.1. The van der Waals surface area contributed by atoms with Crippen molar-refractivity contribution in [2.45, 2.75) is 354 Å². The zero-order valence-corrected chi connectivity index (χ0v) is 54.2. The van der Waals surface area contributed by atoms with E-state index in [1.54, 1.807) is 0 Å². The highest BCUT2D eigenvalue weighted by Gasteiger charge is 2.19. The number of carbonyl (C=O) groups is 3. The zero-order chi connectivity index (χ0) is 59.2. The molecule has 6 heteroatoms. The maximum absolute atomic E-state index is 12.9. The third kappa shape index (κ3) is 67.1. The molecular formula is C76H132O6. The number of allylic oxidation sites excluding steroid dienone is 16. The Hall–Kier alpha value is -3.67. The quantitative estimate of drug-likeness (QED) is 0.0261. The molecule has 0 aliphatic carbocycles. The van der Waals surface area contributed by atoms with Gasteiger partial charge in [0.2, 0.25) is 0 Å². The second kappa shape index (κ2) is 69.8. The van der Waals surface area contributed by atoms with Crippen molar-refractivity contribution < 1.29 is 28.6 Å². The Morgan fingerprint density at radius 3 is 0.756 bits per heavy atom. The molecule has 0 saturated heterocycles. The van der Waals surface area contributed by atoms with Crippen LogP contribution in [0.1, 0.15) is 348 Å². The Kier molecular flexibility index (Phi) is 66.7. The van der Waals surface area contributed by atoms with Crippen molar-refractivity contribution in [2.24, 2.45) is 0 Å². The van der Waals surface area contributed by atoms with Crippen LogP contribution in [0, 0.1) is 0 Å². The van der Waals surface area contributed by atoms with Crippen molar-refractivity contribution in [2.75, 3.05) is 13.2 Å². The topological polar surface area (TPSA) is 78.9 Å². The first kappa shape index (κ1) is 78.3. The minimum Gasteiger partial charge on any atom is -0.462 e. The molecule has 0 aliphatic rings. The molecule has 0 rings (SSSR count). The highest BCUT2D eigenvalue weighted by molar-refractivity contribution is 5.71. The molecule has 0 aromatic rings. The van der Waals surface area contributed by atoms with Crippen LogP contribution in [0.4, 0.5) is 0 Å². The number of hydrogen-bond donors (Lipinski definition) is 0. The largest absolute Gasteiger partial charge is 0.462 e. The van der Waals surface area contributed by atoms with Crippen molar-refractivity contribution >= 4 is 17.9 Å². The van der Waals surface area contributed by atoms with Gasteiger partial charge in [-0.1, -0.05) is 330 Å². The molecule has 0 heterocycles. The first-order valence-corrected chi connectivity index (χ1v) is 35.2. The second-order valence-electron chi connectivity index (χ2n) is 23.4. The smallest absolute Gasteiger partial charge is 0.306 e. The fourth-order valence-corrected chi connectivity index (χ4v) is 10.1. The van der Waals surface area contributed by atoms with Gasteiger partial charge in [-0.2, -0.15) is 0 Å². The van der Waals surface area contributed by atoms with E-state index in [4.69, 9.17) is 14.2 Å². The van der Waals surface area contributed by atoms with Crippen molar-refractivity contribution in [1.29, 1.82) is 0 Å². The molecule has 472 valence electrons. The van der Waals surface area contributed by atoms with Gasteiger partial charge in [0.05, 0.1) is 0 Å². The number of rotatable bonds is 64. The van der Waals surface area contributed by atoms with Crippen LogP contribution in [0.5, 0.6) is 0 Å². The maximum Gasteiger partial charge on any atom is 0.306 e. The van der Waals surface area contributed by atoms with Crippen LogP contribution in [0.15, 0.2) is 97.2 Å². The highest BCUT2D eigenvalue weighted by Crippen LogP contribution is 2.18. The van der Waals surface area contributed by atoms with Gasteiger partial charge in [0.1, 0.15) is 13.2 Å². The van der Waals surface area contributed by atoms with Gasteiger partial charge in [-0.15, -0.1) is 0 Å². The molecule has 0 aliphatic heterocycles. The SMILES string of the molecule is CC/C=C\C/C=C\C/C=C\C/C=C\C/C=C\CCCCCCCCCCCCCCCCCCCC(=O)OCC(COC(=O)CCCCC/C=C\C/C=C\C/C=C\CC)OC(=O)CCCCCCCCCCCCCCCCCCCC. The molecule has 0 saturated carbocycles. The van der Waals surface area contributed by atoms with Gasteiger partial charge in [-0.05, 0) is 96.3 Å². The Morgan fingerprint density at radius 1 is 0.256 bits per heavy atom. The van der Waals surface area contributed by atoms with Crippen LogP contribution in [-0.4, -0.2) is 37.2 Å². The zero-order valence-electron chi connectivity index (χ0n) is 54.2. The van der Waals surface area contributed by atoms with Gasteiger partial charge in [-0.3, -0.25) is 14.4 Å². The van der Waals surface area contributed by atoms with E-state index in [0.29, 0.717) is 19.3 Å². The number of carbonyl (C=O) groups excluding carboxylic acids is 3. The van der Waals surface area contributed by atoms with Crippen molar-refractivity contribution in [3.8, 4) is 0 Å². The minimum atomic E-state index is -0.787. The molecule has 1 atom stereocenters. The summed E-state index contributed by atoms with van der Waals surface area (Å²) < 4.78 is 16.9. The number of hydrogen-bond acceptors (Lipinski definition) is 6. The number of esters is 3. The first-order chi connectivity index (χ1) is 40.5. The van der Waals surface area contributed by atoms with Crippen LogP contribution in [0.3, 0.4) is 0 Å². The Morgan fingerprint density at radius 2 is 0.476 bits per heavy atom. The molecule has 0 fully saturated rings. The lowest BCUT2D eigenvalue weighted by molar-refractivity contribution is -0.167. The van der Waals surface area contributed by atoms with Crippen LogP contribution in [0.2, 0.25) is 0 Å². The van der Waals surface area contributed by atoms with Gasteiger partial charge < -0.3 is 14.2 Å². The average molecular weight is 1140 g/mol. The lowest BCUT2D eigenvalue weighted by Crippen LogP contribution is -2.30. The normalized spacial score (nSPS) is 12.7.